The van der Waals surface area contributed by atoms with E-state index in [4.69, 9.17) is 0 Å². The minimum absolute atomic E-state index is 0.402. The molecule has 16 heavy (non-hydrogen) atoms. The first-order chi connectivity index (χ1) is 7.77. The number of carbonyl (C=O) groups is 1. The van der Waals surface area contributed by atoms with Gasteiger partial charge in [0.1, 0.15) is 0 Å². The molecule has 0 amide bonds. The molecule has 4 nitrogen and oxygen atoms in total. The number of nitrogens with zero attached hydrogens (tertiary/aromatic N) is 2. The Morgan fingerprint density at radius 3 is 2.69 bits per heavy atom. The van der Waals surface area contributed by atoms with Crippen molar-refractivity contribution in [3.8, 4) is 0 Å². The fourth-order valence-corrected chi connectivity index (χ4v) is 1.62. The SMILES string of the molecule is O=C(O)C(Cn1ccnc1)c1ccccc1. The molecule has 1 N–H and O–H groups in total. The van der Waals surface area contributed by atoms with E-state index in [1.807, 2.05) is 30.3 Å². The van der Waals surface area contributed by atoms with Crippen molar-refractivity contribution in [1.82, 2.24) is 9.55 Å². The minimum atomic E-state index is -0.820. The number of imidazole rings is 1. The summed E-state index contributed by atoms with van der Waals surface area (Å²) in [6.07, 6.45) is 5.03. The van der Waals surface area contributed by atoms with Crippen molar-refractivity contribution in [3.05, 3.63) is 54.6 Å². The third-order valence-corrected chi connectivity index (χ3v) is 2.45. The highest BCUT2D eigenvalue weighted by Crippen LogP contribution is 2.17. The van der Waals surface area contributed by atoms with Gasteiger partial charge in [0.25, 0.3) is 0 Å². The Kier molecular flexibility index (Phi) is 3.00. The van der Waals surface area contributed by atoms with Crippen molar-refractivity contribution < 1.29 is 9.90 Å². The Bertz CT molecular complexity index is 451. The second-order valence-electron chi connectivity index (χ2n) is 3.56. The molecule has 0 spiro atoms. The predicted octanol–water partition coefficient (Wildman–Crippen LogP) is 1.75. The van der Waals surface area contributed by atoms with Crippen LogP contribution in [0.2, 0.25) is 0 Å². The fraction of sp³-hybridized carbons (Fsp3) is 0.167. The lowest BCUT2D eigenvalue weighted by Gasteiger charge is -2.12. The van der Waals surface area contributed by atoms with Gasteiger partial charge in [-0.25, -0.2) is 4.98 Å². The van der Waals surface area contributed by atoms with Gasteiger partial charge in [-0.05, 0) is 5.56 Å². The summed E-state index contributed by atoms with van der Waals surface area (Å²) >= 11 is 0. The Hall–Kier alpha value is -2.10. The van der Waals surface area contributed by atoms with Crippen molar-refractivity contribution in [3.63, 3.8) is 0 Å². The van der Waals surface area contributed by atoms with Gasteiger partial charge < -0.3 is 9.67 Å². The number of aromatic nitrogens is 2. The van der Waals surface area contributed by atoms with Crippen LogP contribution in [0.25, 0.3) is 0 Å². The van der Waals surface area contributed by atoms with E-state index in [9.17, 15) is 9.90 Å². The number of hydrogen-bond donors (Lipinski definition) is 1. The lowest BCUT2D eigenvalue weighted by Crippen LogP contribution is -2.17. The number of carboxylic acids is 1. The number of hydrogen-bond acceptors (Lipinski definition) is 2. The molecule has 0 aliphatic heterocycles. The topological polar surface area (TPSA) is 55.1 Å². The van der Waals surface area contributed by atoms with Gasteiger partial charge in [-0.1, -0.05) is 30.3 Å². The Morgan fingerprint density at radius 2 is 2.12 bits per heavy atom. The van der Waals surface area contributed by atoms with Crippen LogP contribution in [-0.2, 0) is 11.3 Å². The van der Waals surface area contributed by atoms with Crippen molar-refractivity contribution >= 4 is 5.97 Å². The van der Waals surface area contributed by atoms with Crippen molar-refractivity contribution in [1.29, 1.82) is 0 Å². The summed E-state index contributed by atoms with van der Waals surface area (Å²) in [5.74, 6) is -1.35. The molecule has 1 aromatic carbocycles. The van der Waals surface area contributed by atoms with Crippen LogP contribution in [0, 0.1) is 0 Å². The zero-order valence-corrected chi connectivity index (χ0v) is 8.65. The summed E-state index contributed by atoms with van der Waals surface area (Å²) in [7, 11) is 0. The minimum Gasteiger partial charge on any atom is -0.481 e. The zero-order chi connectivity index (χ0) is 11.4. The molecule has 2 aromatic rings. The van der Waals surface area contributed by atoms with Crippen LogP contribution in [0.5, 0.6) is 0 Å². The molecule has 1 unspecified atom stereocenters. The number of benzene rings is 1. The standard InChI is InChI=1S/C12H12N2O2/c15-12(16)11(8-14-7-6-13-9-14)10-4-2-1-3-5-10/h1-7,9,11H,8H2,(H,15,16). The third-order valence-electron chi connectivity index (χ3n) is 2.45. The number of rotatable bonds is 4. The molecule has 0 aliphatic carbocycles. The molecule has 1 aromatic heterocycles. The third kappa shape index (κ3) is 2.28. The molecule has 82 valence electrons. The lowest BCUT2D eigenvalue weighted by atomic mass is 9.99. The highest BCUT2D eigenvalue weighted by atomic mass is 16.4. The first-order valence-corrected chi connectivity index (χ1v) is 5.01. The number of aliphatic carboxylic acids is 1. The van der Waals surface area contributed by atoms with Gasteiger partial charge in [-0.15, -0.1) is 0 Å². The normalized spacial score (nSPS) is 12.2. The first-order valence-electron chi connectivity index (χ1n) is 5.01. The van der Waals surface area contributed by atoms with E-state index in [1.54, 1.807) is 23.3 Å². The molecule has 0 saturated carbocycles. The fourth-order valence-electron chi connectivity index (χ4n) is 1.62. The average molecular weight is 216 g/mol. The molecule has 0 aliphatic rings. The van der Waals surface area contributed by atoms with Crippen LogP contribution in [0.15, 0.2) is 49.1 Å². The van der Waals surface area contributed by atoms with Crippen molar-refractivity contribution in [2.75, 3.05) is 0 Å². The van der Waals surface area contributed by atoms with Crippen LogP contribution < -0.4 is 0 Å². The molecular formula is C12H12N2O2. The van der Waals surface area contributed by atoms with Gasteiger partial charge in [0.15, 0.2) is 0 Å². The van der Waals surface area contributed by atoms with Crippen molar-refractivity contribution in [2.24, 2.45) is 0 Å². The Balaban J connectivity index is 2.22. The molecule has 1 atom stereocenters. The van der Waals surface area contributed by atoms with Gasteiger partial charge in [0.05, 0.1) is 12.2 Å². The summed E-state index contributed by atoms with van der Waals surface area (Å²) in [4.78, 5) is 15.1. The second kappa shape index (κ2) is 4.61. The van der Waals surface area contributed by atoms with Gasteiger partial charge in [0.2, 0.25) is 0 Å². The largest absolute Gasteiger partial charge is 0.481 e. The van der Waals surface area contributed by atoms with E-state index in [-0.39, 0.29) is 0 Å². The quantitative estimate of drug-likeness (QED) is 0.847. The molecular weight excluding hydrogens is 204 g/mol. The summed E-state index contributed by atoms with van der Waals surface area (Å²) < 4.78 is 1.77. The van der Waals surface area contributed by atoms with Gasteiger partial charge >= 0.3 is 5.97 Å². The second-order valence-corrected chi connectivity index (χ2v) is 3.56. The summed E-state index contributed by atoms with van der Waals surface area (Å²) in [5, 5.41) is 9.19. The molecule has 4 heteroatoms. The smallest absolute Gasteiger partial charge is 0.312 e. The van der Waals surface area contributed by atoms with Crippen LogP contribution in [0.1, 0.15) is 11.5 Å². The first kappa shape index (κ1) is 10.4. The van der Waals surface area contributed by atoms with Gasteiger partial charge in [0, 0.05) is 18.9 Å². The maximum Gasteiger partial charge on any atom is 0.312 e. The number of carboxylic acid groups (broad SMARTS) is 1. The van der Waals surface area contributed by atoms with Gasteiger partial charge in [-0.3, -0.25) is 4.79 Å². The maximum absolute atomic E-state index is 11.2. The zero-order valence-electron chi connectivity index (χ0n) is 8.65. The predicted molar refractivity (Wildman–Crippen MR) is 59.0 cm³/mol. The highest BCUT2D eigenvalue weighted by Gasteiger charge is 2.19. The molecule has 2 rings (SSSR count). The van der Waals surface area contributed by atoms with E-state index >= 15 is 0 Å². The van der Waals surface area contributed by atoms with Gasteiger partial charge in [-0.2, -0.15) is 0 Å². The van der Waals surface area contributed by atoms with Crippen molar-refractivity contribution in [2.45, 2.75) is 12.5 Å². The monoisotopic (exact) mass is 216 g/mol. The van der Waals surface area contributed by atoms with E-state index in [2.05, 4.69) is 4.98 Å². The average Bonchev–Trinajstić information content (AvgIpc) is 2.79. The Labute approximate surface area is 93.2 Å². The van der Waals surface area contributed by atoms with E-state index in [1.165, 1.54) is 0 Å². The Morgan fingerprint density at radius 1 is 1.38 bits per heavy atom. The summed E-state index contributed by atoms with van der Waals surface area (Å²) in [6, 6.07) is 9.23. The van der Waals surface area contributed by atoms with Crippen LogP contribution in [-0.4, -0.2) is 20.6 Å². The molecule has 0 radical (unpaired) electrons. The highest BCUT2D eigenvalue weighted by molar-refractivity contribution is 5.75. The lowest BCUT2D eigenvalue weighted by molar-refractivity contribution is -0.139. The van der Waals surface area contributed by atoms with Crippen LogP contribution in [0.3, 0.4) is 0 Å². The molecule has 1 heterocycles. The van der Waals surface area contributed by atoms with Crippen LogP contribution >= 0.6 is 0 Å². The maximum atomic E-state index is 11.2. The summed E-state index contributed by atoms with van der Waals surface area (Å²) in [6.45, 7) is 0.402. The van der Waals surface area contributed by atoms with E-state index < -0.39 is 11.9 Å². The summed E-state index contributed by atoms with van der Waals surface area (Å²) in [5.41, 5.74) is 0.809. The van der Waals surface area contributed by atoms with Crippen LogP contribution in [0.4, 0.5) is 0 Å². The molecule has 0 bridgehead atoms. The molecule has 0 saturated heterocycles. The van der Waals surface area contributed by atoms with E-state index in [0.717, 1.165) is 5.56 Å². The van der Waals surface area contributed by atoms with E-state index in [0.29, 0.717) is 6.54 Å². The molecule has 0 fully saturated rings.